The highest BCUT2D eigenvalue weighted by Crippen LogP contribution is 2.15. The lowest BCUT2D eigenvalue weighted by molar-refractivity contribution is 0.318. The molecule has 1 unspecified atom stereocenters. The van der Waals surface area contributed by atoms with Gasteiger partial charge in [0.2, 0.25) is 0 Å². The molecule has 2 aliphatic rings. The van der Waals surface area contributed by atoms with Gasteiger partial charge >= 0.3 is 0 Å². The van der Waals surface area contributed by atoms with Crippen LogP contribution in [-0.4, -0.2) is 35.1 Å². The molecule has 0 amide bonds. The van der Waals surface area contributed by atoms with Gasteiger partial charge in [-0.05, 0) is 57.5 Å². The van der Waals surface area contributed by atoms with Crippen molar-refractivity contribution in [2.45, 2.75) is 44.8 Å². The fraction of sp³-hybridized carbons (Fsp3) is 0.714. The molecule has 17 heavy (non-hydrogen) atoms. The van der Waals surface area contributed by atoms with Crippen LogP contribution in [0.1, 0.15) is 31.4 Å². The van der Waals surface area contributed by atoms with Crippen molar-refractivity contribution in [2.24, 2.45) is 0 Å². The van der Waals surface area contributed by atoms with Crippen molar-refractivity contribution >= 4 is 0 Å². The minimum Gasteiger partial charge on any atom is -0.349 e. The summed E-state index contributed by atoms with van der Waals surface area (Å²) >= 11 is 0. The van der Waals surface area contributed by atoms with Crippen LogP contribution >= 0.6 is 0 Å². The van der Waals surface area contributed by atoms with E-state index in [9.17, 15) is 0 Å². The molecule has 2 saturated heterocycles. The van der Waals surface area contributed by atoms with Crippen LogP contribution in [0.25, 0.3) is 0 Å². The van der Waals surface area contributed by atoms with Crippen LogP contribution in [0.4, 0.5) is 0 Å². The largest absolute Gasteiger partial charge is 0.349 e. The predicted molar refractivity (Wildman–Crippen MR) is 70.0 cm³/mol. The fourth-order valence-electron chi connectivity index (χ4n) is 3.09. The molecule has 94 valence electrons. The minimum absolute atomic E-state index is 0.694. The van der Waals surface area contributed by atoms with E-state index in [1.807, 2.05) is 0 Å². The molecule has 2 fully saturated rings. The standard InChI is InChI=1S/C14H23N3/c1-2-9-16(8-1)12-14-6-4-10-17(14)11-13-5-3-7-15-13/h4,6,10,13,15H,1-3,5,7-9,11-12H2. The lowest BCUT2D eigenvalue weighted by Gasteiger charge is -2.19. The van der Waals surface area contributed by atoms with E-state index in [2.05, 4.69) is 33.1 Å². The second-order valence-corrected chi connectivity index (χ2v) is 5.43. The molecule has 3 nitrogen and oxygen atoms in total. The number of nitrogens with zero attached hydrogens (tertiary/aromatic N) is 2. The Morgan fingerprint density at radius 1 is 1.24 bits per heavy atom. The van der Waals surface area contributed by atoms with E-state index in [4.69, 9.17) is 0 Å². The van der Waals surface area contributed by atoms with Gasteiger partial charge in [0.15, 0.2) is 0 Å². The van der Waals surface area contributed by atoms with Gasteiger partial charge in [-0.25, -0.2) is 0 Å². The molecule has 1 N–H and O–H groups in total. The van der Waals surface area contributed by atoms with Gasteiger partial charge in [0.1, 0.15) is 0 Å². The van der Waals surface area contributed by atoms with Gasteiger partial charge < -0.3 is 9.88 Å². The van der Waals surface area contributed by atoms with Crippen molar-refractivity contribution in [2.75, 3.05) is 19.6 Å². The van der Waals surface area contributed by atoms with Crippen molar-refractivity contribution in [3.63, 3.8) is 0 Å². The van der Waals surface area contributed by atoms with Crippen LogP contribution in [-0.2, 0) is 13.1 Å². The van der Waals surface area contributed by atoms with E-state index >= 15 is 0 Å². The lowest BCUT2D eigenvalue weighted by atomic mass is 10.2. The summed E-state index contributed by atoms with van der Waals surface area (Å²) in [4.78, 5) is 2.58. The maximum atomic E-state index is 3.58. The molecule has 0 aliphatic carbocycles. The number of hydrogen-bond donors (Lipinski definition) is 1. The molecule has 0 aromatic carbocycles. The van der Waals surface area contributed by atoms with Crippen molar-refractivity contribution < 1.29 is 0 Å². The zero-order valence-electron chi connectivity index (χ0n) is 10.6. The van der Waals surface area contributed by atoms with Gasteiger partial charge in [-0.1, -0.05) is 0 Å². The molecule has 1 aromatic rings. The number of aromatic nitrogens is 1. The number of nitrogens with one attached hydrogen (secondary N) is 1. The second-order valence-electron chi connectivity index (χ2n) is 5.43. The fourth-order valence-corrected chi connectivity index (χ4v) is 3.09. The van der Waals surface area contributed by atoms with Crippen LogP contribution in [0.15, 0.2) is 18.3 Å². The van der Waals surface area contributed by atoms with E-state index in [0.717, 1.165) is 13.1 Å². The van der Waals surface area contributed by atoms with Crippen molar-refractivity contribution in [1.82, 2.24) is 14.8 Å². The van der Waals surface area contributed by atoms with Crippen molar-refractivity contribution in [1.29, 1.82) is 0 Å². The average Bonchev–Trinajstić information content (AvgIpc) is 3.04. The quantitative estimate of drug-likeness (QED) is 0.856. The SMILES string of the molecule is c1cc(CN2CCCC2)n(CC2CCCN2)c1. The van der Waals surface area contributed by atoms with Crippen LogP contribution in [0.5, 0.6) is 0 Å². The van der Waals surface area contributed by atoms with E-state index in [1.165, 1.54) is 51.0 Å². The van der Waals surface area contributed by atoms with Crippen LogP contribution in [0.3, 0.4) is 0 Å². The monoisotopic (exact) mass is 233 g/mol. The van der Waals surface area contributed by atoms with Gasteiger partial charge in [0.25, 0.3) is 0 Å². The van der Waals surface area contributed by atoms with E-state index in [-0.39, 0.29) is 0 Å². The maximum Gasteiger partial charge on any atom is 0.0387 e. The van der Waals surface area contributed by atoms with Gasteiger partial charge in [0, 0.05) is 31.0 Å². The Balaban J connectivity index is 1.61. The third-order valence-electron chi connectivity index (χ3n) is 4.09. The van der Waals surface area contributed by atoms with Crippen LogP contribution in [0.2, 0.25) is 0 Å². The molecular weight excluding hydrogens is 210 g/mol. The summed E-state index contributed by atoms with van der Waals surface area (Å²) in [5, 5.41) is 3.58. The Bertz CT molecular complexity index is 314. The Morgan fingerprint density at radius 3 is 2.88 bits per heavy atom. The minimum atomic E-state index is 0.694. The van der Waals surface area contributed by atoms with Gasteiger partial charge in [-0.15, -0.1) is 0 Å². The Labute approximate surface area is 104 Å². The Kier molecular flexibility index (Phi) is 3.48. The second kappa shape index (κ2) is 5.23. The van der Waals surface area contributed by atoms with E-state index in [1.54, 1.807) is 0 Å². The smallest absolute Gasteiger partial charge is 0.0387 e. The molecule has 0 bridgehead atoms. The van der Waals surface area contributed by atoms with E-state index < -0.39 is 0 Å². The Hall–Kier alpha value is -0.800. The topological polar surface area (TPSA) is 20.2 Å². The maximum absolute atomic E-state index is 3.58. The summed E-state index contributed by atoms with van der Waals surface area (Å²) < 4.78 is 2.45. The first-order valence-corrected chi connectivity index (χ1v) is 7.01. The highest BCUT2D eigenvalue weighted by atomic mass is 15.2. The highest BCUT2D eigenvalue weighted by Gasteiger charge is 2.17. The molecule has 3 heteroatoms. The molecule has 3 rings (SSSR count). The summed E-state index contributed by atoms with van der Waals surface area (Å²) in [5.41, 5.74) is 1.49. The predicted octanol–water partition coefficient (Wildman–Crippen LogP) is 1.84. The summed E-state index contributed by atoms with van der Waals surface area (Å²) in [6.07, 6.45) is 7.68. The van der Waals surface area contributed by atoms with Gasteiger partial charge in [-0.3, -0.25) is 4.90 Å². The molecule has 1 atom stereocenters. The molecular formula is C14H23N3. The van der Waals surface area contributed by atoms with Crippen molar-refractivity contribution in [3.05, 3.63) is 24.0 Å². The molecule has 0 radical (unpaired) electrons. The summed E-state index contributed by atoms with van der Waals surface area (Å²) in [7, 11) is 0. The molecule has 1 aromatic heterocycles. The zero-order chi connectivity index (χ0) is 11.5. The third kappa shape index (κ3) is 2.72. The summed E-state index contributed by atoms with van der Waals surface area (Å²) in [5.74, 6) is 0. The van der Waals surface area contributed by atoms with Gasteiger partial charge in [0.05, 0.1) is 0 Å². The number of likely N-dealkylation sites (tertiary alicyclic amines) is 1. The highest BCUT2D eigenvalue weighted by molar-refractivity contribution is 5.08. The number of hydrogen-bond acceptors (Lipinski definition) is 2. The van der Waals surface area contributed by atoms with E-state index in [0.29, 0.717) is 6.04 Å². The number of rotatable bonds is 4. The first-order chi connectivity index (χ1) is 8.42. The summed E-state index contributed by atoms with van der Waals surface area (Å²) in [6.45, 7) is 6.06. The lowest BCUT2D eigenvalue weighted by Crippen LogP contribution is -2.28. The first-order valence-electron chi connectivity index (χ1n) is 7.01. The van der Waals surface area contributed by atoms with Gasteiger partial charge in [-0.2, -0.15) is 0 Å². The molecule has 2 aliphatic heterocycles. The Morgan fingerprint density at radius 2 is 2.12 bits per heavy atom. The average molecular weight is 233 g/mol. The summed E-state index contributed by atoms with van der Waals surface area (Å²) in [6, 6.07) is 5.17. The normalized spacial score (nSPS) is 25.8. The zero-order valence-corrected chi connectivity index (χ0v) is 10.6. The molecule has 3 heterocycles. The van der Waals surface area contributed by atoms with Crippen LogP contribution < -0.4 is 5.32 Å². The van der Waals surface area contributed by atoms with Crippen LogP contribution in [0, 0.1) is 0 Å². The third-order valence-corrected chi connectivity index (χ3v) is 4.09. The molecule has 0 saturated carbocycles. The molecule has 0 spiro atoms. The van der Waals surface area contributed by atoms with Crippen molar-refractivity contribution in [3.8, 4) is 0 Å². The first kappa shape index (κ1) is 11.3.